The van der Waals surface area contributed by atoms with Crippen LogP contribution in [0.5, 0.6) is 0 Å². The molecule has 0 fully saturated rings. The molecule has 0 saturated heterocycles. The average Bonchev–Trinajstić information content (AvgIpc) is 2.70. The molecule has 0 aliphatic carbocycles. The Morgan fingerprint density at radius 3 is 2.71 bits per heavy atom. The first-order valence-corrected chi connectivity index (χ1v) is 4.31. The highest BCUT2D eigenvalue weighted by molar-refractivity contribution is 5.45. The van der Waals surface area contributed by atoms with E-state index in [9.17, 15) is 0 Å². The minimum absolute atomic E-state index is 0.0547. The van der Waals surface area contributed by atoms with Gasteiger partial charge in [0.15, 0.2) is 0 Å². The maximum Gasteiger partial charge on any atom is 0.313 e. The molecule has 2 aromatic rings. The zero-order valence-corrected chi connectivity index (χ0v) is 8.01. The lowest BCUT2D eigenvalue weighted by atomic mass is 10.4. The average molecular weight is 193 g/mol. The number of anilines is 1. The van der Waals surface area contributed by atoms with Gasteiger partial charge in [-0.15, -0.1) is 5.10 Å². The smallest absolute Gasteiger partial charge is 0.313 e. The number of nitrogens with two attached hydrogens (primary N) is 1. The summed E-state index contributed by atoms with van der Waals surface area (Å²) >= 11 is 0. The van der Waals surface area contributed by atoms with Crippen molar-refractivity contribution >= 4 is 6.01 Å². The van der Waals surface area contributed by atoms with Crippen LogP contribution in [-0.4, -0.2) is 20.0 Å². The second-order valence-corrected chi connectivity index (χ2v) is 3.22. The van der Waals surface area contributed by atoms with Crippen molar-refractivity contribution in [3.63, 3.8) is 0 Å². The number of hydrogen-bond donors (Lipinski definition) is 1. The van der Waals surface area contributed by atoms with E-state index < -0.39 is 0 Å². The second-order valence-electron chi connectivity index (χ2n) is 3.22. The Hall–Kier alpha value is -1.85. The zero-order chi connectivity index (χ0) is 10.1. The van der Waals surface area contributed by atoms with Gasteiger partial charge in [0.05, 0.1) is 0 Å². The standard InChI is InChI=1S/C8H11N5O/c1-5(2)13-4-3-6(12-13)7-10-11-8(9)14-7/h3-5H,1-2H3,(H2,9,11). The SMILES string of the molecule is CC(C)n1ccc(-c2nnc(N)o2)n1. The van der Waals surface area contributed by atoms with Crippen LogP contribution >= 0.6 is 0 Å². The summed E-state index contributed by atoms with van der Waals surface area (Å²) in [4.78, 5) is 0. The van der Waals surface area contributed by atoms with Gasteiger partial charge >= 0.3 is 6.01 Å². The molecule has 0 saturated carbocycles. The predicted molar refractivity (Wildman–Crippen MR) is 50.3 cm³/mol. The van der Waals surface area contributed by atoms with Crippen LogP contribution in [0.4, 0.5) is 6.01 Å². The van der Waals surface area contributed by atoms with Gasteiger partial charge in [0.25, 0.3) is 5.89 Å². The van der Waals surface area contributed by atoms with Crippen molar-refractivity contribution in [3.05, 3.63) is 12.3 Å². The van der Waals surface area contributed by atoms with Crippen LogP contribution in [-0.2, 0) is 0 Å². The van der Waals surface area contributed by atoms with Gasteiger partial charge < -0.3 is 10.2 Å². The molecule has 0 aliphatic heterocycles. The van der Waals surface area contributed by atoms with Gasteiger partial charge in [-0.25, -0.2) is 0 Å². The minimum Gasteiger partial charge on any atom is -0.402 e. The monoisotopic (exact) mass is 193 g/mol. The van der Waals surface area contributed by atoms with Crippen molar-refractivity contribution < 1.29 is 4.42 Å². The molecule has 14 heavy (non-hydrogen) atoms. The maximum absolute atomic E-state index is 5.31. The van der Waals surface area contributed by atoms with Gasteiger partial charge in [-0.3, -0.25) is 4.68 Å². The third-order valence-electron chi connectivity index (χ3n) is 1.80. The molecule has 0 atom stereocenters. The summed E-state index contributed by atoms with van der Waals surface area (Å²) in [6, 6.07) is 2.18. The van der Waals surface area contributed by atoms with E-state index in [2.05, 4.69) is 15.3 Å². The molecule has 2 heterocycles. The summed E-state index contributed by atoms with van der Waals surface area (Å²) in [6.45, 7) is 4.08. The molecule has 2 rings (SSSR count). The molecule has 0 unspecified atom stereocenters. The zero-order valence-electron chi connectivity index (χ0n) is 8.01. The second kappa shape index (κ2) is 3.13. The van der Waals surface area contributed by atoms with Crippen molar-refractivity contribution in [2.75, 3.05) is 5.73 Å². The molecule has 2 N–H and O–H groups in total. The Morgan fingerprint density at radius 2 is 2.21 bits per heavy atom. The summed E-state index contributed by atoms with van der Waals surface area (Å²) in [7, 11) is 0. The van der Waals surface area contributed by atoms with Gasteiger partial charge in [0, 0.05) is 12.2 Å². The molecule has 6 nitrogen and oxygen atoms in total. The van der Waals surface area contributed by atoms with Crippen molar-refractivity contribution in [1.82, 2.24) is 20.0 Å². The molecule has 2 aromatic heterocycles. The third-order valence-corrected chi connectivity index (χ3v) is 1.80. The Balaban J connectivity index is 2.33. The topological polar surface area (TPSA) is 82.8 Å². The maximum atomic E-state index is 5.31. The highest BCUT2D eigenvalue weighted by Crippen LogP contribution is 2.17. The van der Waals surface area contributed by atoms with Gasteiger partial charge in [0.1, 0.15) is 5.69 Å². The van der Waals surface area contributed by atoms with Crippen molar-refractivity contribution in [2.45, 2.75) is 19.9 Å². The highest BCUT2D eigenvalue weighted by Gasteiger charge is 2.10. The van der Waals surface area contributed by atoms with E-state index in [1.54, 1.807) is 0 Å². The molecule has 0 aromatic carbocycles. The Morgan fingerprint density at radius 1 is 1.43 bits per heavy atom. The van der Waals surface area contributed by atoms with E-state index in [0.29, 0.717) is 17.6 Å². The highest BCUT2D eigenvalue weighted by atomic mass is 16.4. The van der Waals surface area contributed by atoms with E-state index in [-0.39, 0.29) is 6.01 Å². The molecular formula is C8H11N5O. The Labute approximate surface area is 80.7 Å². The van der Waals surface area contributed by atoms with Gasteiger partial charge in [0.2, 0.25) is 0 Å². The van der Waals surface area contributed by atoms with Crippen molar-refractivity contribution in [3.8, 4) is 11.6 Å². The van der Waals surface area contributed by atoms with Crippen LogP contribution in [0.1, 0.15) is 19.9 Å². The van der Waals surface area contributed by atoms with Gasteiger partial charge in [-0.05, 0) is 19.9 Å². The third kappa shape index (κ3) is 1.46. The molecular weight excluding hydrogens is 182 g/mol. The number of aromatic nitrogens is 4. The van der Waals surface area contributed by atoms with Crippen LogP contribution in [0.3, 0.4) is 0 Å². The molecule has 6 heteroatoms. The lowest BCUT2D eigenvalue weighted by Gasteiger charge is -2.02. The molecule has 0 spiro atoms. The number of nitrogen functional groups attached to an aromatic ring is 1. The number of hydrogen-bond acceptors (Lipinski definition) is 5. The van der Waals surface area contributed by atoms with Crippen molar-refractivity contribution in [1.29, 1.82) is 0 Å². The first kappa shape index (κ1) is 8.74. The number of rotatable bonds is 2. The first-order chi connectivity index (χ1) is 6.66. The molecule has 0 radical (unpaired) electrons. The van der Waals surface area contributed by atoms with E-state index in [4.69, 9.17) is 10.2 Å². The Kier molecular flexibility index (Phi) is 1.95. The fraction of sp³-hybridized carbons (Fsp3) is 0.375. The lowest BCUT2D eigenvalue weighted by molar-refractivity contribution is 0.528. The van der Waals surface area contributed by atoms with Gasteiger partial charge in [-0.2, -0.15) is 5.10 Å². The molecule has 74 valence electrons. The summed E-state index contributed by atoms with van der Waals surface area (Å²) in [6.07, 6.45) is 1.86. The largest absolute Gasteiger partial charge is 0.402 e. The van der Waals surface area contributed by atoms with Crippen LogP contribution < -0.4 is 5.73 Å². The predicted octanol–water partition coefficient (Wildman–Crippen LogP) is 1.10. The minimum atomic E-state index is 0.0547. The Bertz CT molecular complexity index is 430. The van der Waals surface area contributed by atoms with Crippen LogP contribution in [0, 0.1) is 0 Å². The van der Waals surface area contributed by atoms with E-state index >= 15 is 0 Å². The van der Waals surface area contributed by atoms with E-state index in [1.807, 2.05) is 30.8 Å². The van der Waals surface area contributed by atoms with E-state index in [0.717, 1.165) is 0 Å². The first-order valence-electron chi connectivity index (χ1n) is 4.31. The normalized spacial score (nSPS) is 11.1. The summed E-state index contributed by atoms with van der Waals surface area (Å²) < 4.78 is 6.86. The van der Waals surface area contributed by atoms with Crippen LogP contribution in [0.25, 0.3) is 11.6 Å². The fourth-order valence-electron chi connectivity index (χ4n) is 1.08. The fourth-order valence-corrected chi connectivity index (χ4v) is 1.08. The summed E-state index contributed by atoms with van der Waals surface area (Å²) in [5.74, 6) is 0.349. The molecule has 0 amide bonds. The van der Waals surface area contributed by atoms with E-state index in [1.165, 1.54) is 0 Å². The molecule has 0 aliphatic rings. The number of nitrogens with zero attached hydrogens (tertiary/aromatic N) is 4. The van der Waals surface area contributed by atoms with Crippen molar-refractivity contribution in [2.24, 2.45) is 0 Å². The van der Waals surface area contributed by atoms with Gasteiger partial charge in [-0.1, -0.05) is 5.10 Å². The van der Waals surface area contributed by atoms with Crippen LogP contribution in [0.15, 0.2) is 16.7 Å². The summed E-state index contributed by atoms with van der Waals surface area (Å²) in [5, 5.41) is 11.6. The van der Waals surface area contributed by atoms with Crippen LogP contribution in [0.2, 0.25) is 0 Å². The lowest BCUT2D eigenvalue weighted by Crippen LogP contribution is -2.00. The quantitative estimate of drug-likeness (QED) is 0.772. The summed E-state index contributed by atoms with van der Waals surface area (Å²) in [5.41, 5.74) is 5.95. The molecule has 0 bridgehead atoms.